The maximum absolute atomic E-state index is 12.2. The molecule has 5 heteroatoms. The topological polar surface area (TPSA) is 63.1 Å². The van der Waals surface area contributed by atoms with Crippen LogP contribution in [-0.4, -0.2) is 20.9 Å². The molecule has 0 spiro atoms. The van der Waals surface area contributed by atoms with E-state index in [2.05, 4.69) is 97.9 Å². The molecule has 0 bridgehead atoms. The van der Waals surface area contributed by atoms with Gasteiger partial charge in [0, 0.05) is 42.4 Å². The van der Waals surface area contributed by atoms with Gasteiger partial charge in [-0.15, -0.1) is 34.9 Å². The van der Waals surface area contributed by atoms with Crippen LogP contribution in [-0.2, 0) is 35.7 Å². The first-order chi connectivity index (χ1) is 21.7. The van der Waals surface area contributed by atoms with Crippen molar-refractivity contribution >= 4 is 27.5 Å². The van der Waals surface area contributed by atoms with Crippen molar-refractivity contribution in [1.82, 2.24) is 9.97 Å². The number of aromatic nitrogens is 2. The molecule has 1 aromatic heterocycles. The van der Waals surface area contributed by atoms with Crippen molar-refractivity contribution in [2.24, 2.45) is 10.8 Å². The van der Waals surface area contributed by atoms with Gasteiger partial charge in [0.1, 0.15) is 12.1 Å². The molecule has 0 atom stereocenters. The van der Waals surface area contributed by atoms with Crippen molar-refractivity contribution < 1.29 is 30.0 Å². The Hall–Kier alpha value is -2.88. The van der Waals surface area contributed by atoms with Gasteiger partial charge in [0.25, 0.3) is 0 Å². The van der Waals surface area contributed by atoms with Crippen LogP contribution in [0.3, 0.4) is 0 Å². The van der Waals surface area contributed by atoms with Gasteiger partial charge in [-0.2, -0.15) is 0 Å². The van der Waals surface area contributed by atoms with Crippen LogP contribution in [0.25, 0.3) is 32.9 Å². The number of hydrogen-bond donors (Lipinski definition) is 1. The molecule has 0 aliphatic heterocycles. The van der Waals surface area contributed by atoms with Crippen molar-refractivity contribution in [1.29, 1.82) is 0 Å². The molecule has 4 rings (SSSR count). The number of nitrogens with zero attached hydrogens (tertiary/aromatic N) is 2. The van der Waals surface area contributed by atoms with Gasteiger partial charge in [0.05, 0.1) is 5.52 Å². The third kappa shape index (κ3) is 9.01. The molecule has 1 N–H and O–H groups in total. The van der Waals surface area contributed by atoms with Gasteiger partial charge in [-0.05, 0) is 71.0 Å². The van der Waals surface area contributed by atoms with Crippen LogP contribution in [0.5, 0.6) is 0 Å². The van der Waals surface area contributed by atoms with E-state index in [4.69, 9.17) is 9.97 Å². The van der Waals surface area contributed by atoms with Crippen molar-refractivity contribution in [3.8, 4) is 11.3 Å². The zero-order chi connectivity index (χ0) is 35.5. The maximum Gasteiger partial charge on any atom is 0.164 e. The predicted octanol–water partition coefficient (Wildman–Crippen LogP) is 12.1. The Morgan fingerprint density at radius 3 is 1.83 bits per heavy atom. The van der Waals surface area contributed by atoms with E-state index in [0.29, 0.717) is 0 Å². The van der Waals surface area contributed by atoms with Crippen molar-refractivity contribution in [3.63, 3.8) is 0 Å². The first kappa shape index (κ1) is 41.3. The van der Waals surface area contributed by atoms with Crippen LogP contribution in [0, 0.1) is 30.7 Å². The van der Waals surface area contributed by atoms with Crippen LogP contribution >= 0.6 is 0 Å². The van der Waals surface area contributed by atoms with E-state index in [9.17, 15) is 9.90 Å². The number of rotatable bonds is 8. The first-order valence-corrected chi connectivity index (χ1v) is 17.4. The minimum Gasteiger partial charge on any atom is -0.512 e. The molecule has 0 saturated heterocycles. The Morgan fingerprint density at radius 2 is 1.31 bits per heavy atom. The van der Waals surface area contributed by atoms with Crippen LogP contribution in [0.15, 0.2) is 54.6 Å². The van der Waals surface area contributed by atoms with Crippen LogP contribution in [0.1, 0.15) is 131 Å². The average Bonchev–Trinajstić information content (AvgIpc) is 3.02. The Kier molecular flexibility index (Phi) is 13.6. The zero-order valence-electron chi connectivity index (χ0n) is 32.0. The summed E-state index contributed by atoms with van der Waals surface area (Å²) < 4.78 is 0. The fraction of sp³-hybridized carbons (Fsp3) is 0.512. The smallest absolute Gasteiger partial charge is 0.164 e. The number of allylic oxidation sites excluding steroid dienone is 2. The summed E-state index contributed by atoms with van der Waals surface area (Å²) in [5.74, 6) is 0.286. The molecule has 4 aromatic rings. The number of aryl methyl sites for hydroxylation is 2. The fourth-order valence-corrected chi connectivity index (χ4v) is 5.80. The quantitative estimate of drug-likeness (QED) is 0.0832. The molecule has 0 fully saturated rings. The summed E-state index contributed by atoms with van der Waals surface area (Å²) in [6, 6.07) is 17.0. The van der Waals surface area contributed by atoms with Crippen molar-refractivity contribution in [3.05, 3.63) is 82.9 Å². The van der Waals surface area contributed by atoms with E-state index in [-0.39, 0.29) is 53.3 Å². The van der Waals surface area contributed by atoms with Crippen molar-refractivity contribution in [2.75, 3.05) is 0 Å². The van der Waals surface area contributed by atoms with E-state index in [1.165, 1.54) is 33.5 Å². The van der Waals surface area contributed by atoms with Crippen LogP contribution in [0.4, 0.5) is 0 Å². The van der Waals surface area contributed by atoms with Gasteiger partial charge in [-0.1, -0.05) is 114 Å². The first-order valence-electron chi connectivity index (χ1n) is 17.4. The summed E-state index contributed by atoms with van der Waals surface area (Å²) in [5.41, 5.74) is 7.64. The number of aliphatic hydroxyl groups is 1. The van der Waals surface area contributed by atoms with Gasteiger partial charge in [0.15, 0.2) is 5.78 Å². The molecule has 3 aromatic carbocycles. The molecular weight excluding hydrogens is 769 g/mol. The van der Waals surface area contributed by atoms with E-state index >= 15 is 0 Å². The van der Waals surface area contributed by atoms with Gasteiger partial charge < -0.3 is 5.11 Å². The zero-order valence-corrected chi connectivity index (χ0v) is 34.4. The summed E-state index contributed by atoms with van der Waals surface area (Å²) in [7, 11) is 0. The second-order valence-electron chi connectivity index (χ2n) is 16.0. The van der Waals surface area contributed by atoms with Crippen LogP contribution < -0.4 is 0 Å². The van der Waals surface area contributed by atoms with E-state index in [1.807, 2.05) is 41.5 Å². The summed E-state index contributed by atoms with van der Waals surface area (Å²) in [6.45, 7) is 29.9. The second-order valence-corrected chi connectivity index (χ2v) is 16.0. The van der Waals surface area contributed by atoms with Gasteiger partial charge in [-0.3, -0.25) is 9.78 Å². The second kappa shape index (κ2) is 15.8. The monoisotopic (exact) mass is 828 g/mol. The molecule has 0 amide bonds. The number of carbonyl (C=O) groups excluding carboxylic acids is 1. The molecule has 0 aliphatic carbocycles. The number of ketones is 1. The number of hydrogen-bond acceptors (Lipinski definition) is 4. The molecule has 263 valence electrons. The average molecular weight is 828 g/mol. The summed E-state index contributed by atoms with van der Waals surface area (Å²) in [5, 5.41) is 13.7. The molecule has 48 heavy (non-hydrogen) atoms. The Labute approximate surface area is 304 Å². The Balaban J connectivity index is 0.000000384. The fourth-order valence-electron chi connectivity index (χ4n) is 5.80. The van der Waals surface area contributed by atoms with E-state index in [1.54, 1.807) is 6.33 Å². The van der Waals surface area contributed by atoms with Gasteiger partial charge >= 0.3 is 0 Å². The number of benzene rings is 3. The molecule has 0 aliphatic rings. The molecule has 4 nitrogen and oxygen atoms in total. The SMILES string of the molecule is CCC(C)(CC)C(=O)/C=C(\O)C(C)(CC)CC.Cc1[c-]c(-c2ncnc3c2ccc2cc(C(C)(C)C)cc(C)c23)cc(C(C)(C)C)c1.[Ir]. The number of carbonyl (C=O) groups is 1. The third-order valence-electron chi connectivity index (χ3n) is 10.5. The number of aliphatic hydroxyl groups excluding tert-OH is 1. The summed E-state index contributed by atoms with van der Waals surface area (Å²) in [4.78, 5) is 21.6. The van der Waals surface area contributed by atoms with Crippen molar-refractivity contribution in [2.45, 2.75) is 133 Å². The Morgan fingerprint density at radius 1 is 0.771 bits per heavy atom. The third-order valence-corrected chi connectivity index (χ3v) is 10.5. The van der Waals surface area contributed by atoms with Gasteiger partial charge in [0.2, 0.25) is 0 Å². The Bertz CT molecular complexity index is 1760. The number of fused-ring (bicyclic) bond motifs is 3. The largest absolute Gasteiger partial charge is 0.512 e. The predicted molar refractivity (Wildman–Crippen MR) is 201 cm³/mol. The molecule has 1 radical (unpaired) electrons. The normalized spacial score (nSPS) is 12.8. The standard InChI is InChI=1S/C28H31N2.C15H28O2.Ir/c1-17-11-20(15-21(12-17)27(3,4)5)25-23-10-9-19-14-22(28(6,7)8)13-18(2)24(19)26(23)30-16-29-25;1-7-14(5,8-2)12(16)11-13(17)15(6,9-3)10-4;/h9-10,12-16H,1-8H3;11,16H,7-10H2,1-6H3;/q-1;;/b;12-11-;. The molecular formula is C43H59IrN2O2-. The van der Waals surface area contributed by atoms with E-state index < -0.39 is 0 Å². The minimum absolute atomic E-state index is 0. The maximum atomic E-state index is 12.2. The molecule has 1 heterocycles. The molecule has 0 saturated carbocycles. The van der Waals surface area contributed by atoms with E-state index in [0.717, 1.165) is 53.4 Å². The molecule has 0 unspecified atom stereocenters. The minimum atomic E-state index is -0.337. The van der Waals surface area contributed by atoms with Crippen LogP contribution in [0.2, 0.25) is 0 Å². The summed E-state index contributed by atoms with van der Waals surface area (Å²) >= 11 is 0. The summed E-state index contributed by atoms with van der Waals surface area (Å²) in [6.07, 6.45) is 6.45. The van der Waals surface area contributed by atoms with Gasteiger partial charge in [-0.25, -0.2) is 4.98 Å².